The van der Waals surface area contributed by atoms with E-state index in [2.05, 4.69) is 26.0 Å². The summed E-state index contributed by atoms with van der Waals surface area (Å²) >= 11 is 0. The fourth-order valence-electron chi connectivity index (χ4n) is 8.74. The van der Waals surface area contributed by atoms with Crippen molar-refractivity contribution in [2.75, 3.05) is 26.4 Å². The number of aliphatic hydroxyl groups is 7. The molecule has 2 aliphatic rings. The van der Waals surface area contributed by atoms with E-state index < -0.39 is 92.7 Å². The average molecular weight is 975 g/mol. The van der Waals surface area contributed by atoms with Gasteiger partial charge in [0.1, 0.15) is 55.4 Å². The molecule has 0 bridgehead atoms. The van der Waals surface area contributed by atoms with Crippen molar-refractivity contribution in [3.8, 4) is 0 Å². The van der Waals surface area contributed by atoms with Crippen molar-refractivity contribution in [1.29, 1.82) is 0 Å². The van der Waals surface area contributed by atoms with Crippen LogP contribution in [0.4, 0.5) is 0 Å². The summed E-state index contributed by atoms with van der Waals surface area (Å²) in [6.45, 7) is 2.59. The molecule has 2 rings (SSSR count). The van der Waals surface area contributed by atoms with Gasteiger partial charge in [-0.15, -0.1) is 0 Å². The van der Waals surface area contributed by atoms with Crippen LogP contribution in [0.2, 0.25) is 0 Å². The molecular weight excluding hydrogens is 877 g/mol. The van der Waals surface area contributed by atoms with E-state index in [4.69, 9.17) is 28.4 Å². The van der Waals surface area contributed by atoms with Crippen LogP contribution in [-0.2, 0) is 38.0 Å². The Kier molecular flexibility index (Phi) is 37.4. The number of rotatable bonds is 43. The predicted octanol–water partition coefficient (Wildman–Crippen LogP) is 8.16. The summed E-state index contributed by atoms with van der Waals surface area (Å²) in [4.78, 5) is 25.7. The van der Waals surface area contributed by atoms with E-state index >= 15 is 0 Å². The number of carbonyl (C=O) groups excluding carboxylic acids is 2. The Labute approximate surface area is 410 Å². The molecule has 11 atom stereocenters. The van der Waals surface area contributed by atoms with Gasteiger partial charge in [-0.2, -0.15) is 0 Å². The molecule has 0 aromatic heterocycles. The fourth-order valence-corrected chi connectivity index (χ4v) is 8.74. The summed E-state index contributed by atoms with van der Waals surface area (Å²) in [6.07, 6.45) is 24.0. The van der Waals surface area contributed by atoms with Gasteiger partial charge >= 0.3 is 11.9 Å². The van der Waals surface area contributed by atoms with E-state index in [1.807, 2.05) is 0 Å². The monoisotopic (exact) mass is 975 g/mol. The van der Waals surface area contributed by atoms with E-state index in [9.17, 15) is 45.3 Å². The minimum Gasteiger partial charge on any atom is -0.462 e. The first-order valence-electron chi connectivity index (χ1n) is 27.3. The van der Waals surface area contributed by atoms with Crippen molar-refractivity contribution in [3.63, 3.8) is 0 Å². The quantitative estimate of drug-likeness (QED) is 0.0174. The van der Waals surface area contributed by atoms with Crippen LogP contribution in [0.15, 0.2) is 12.2 Å². The molecule has 0 saturated carbocycles. The van der Waals surface area contributed by atoms with Gasteiger partial charge in [-0.25, -0.2) is 0 Å². The molecule has 2 fully saturated rings. The first kappa shape index (κ1) is 62.4. The lowest BCUT2D eigenvalue weighted by Crippen LogP contribution is -2.61. The van der Waals surface area contributed by atoms with E-state index in [1.54, 1.807) is 0 Å². The molecule has 0 aromatic carbocycles. The van der Waals surface area contributed by atoms with E-state index in [1.165, 1.54) is 141 Å². The maximum absolute atomic E-state index is 13.0. The zero-order chi connectivity index (χ0) is 49.6. The van der Waals surface area contributed by atoms with Gasteiger partial charge in [0.05, 0.1) is 19.8 Å². The maximum Gasteiger partial charge on any atom is 0.306 e. The van der Waals surface area contributed by atoms with Gasteiger partial charge in [0.25, 0.3) is 0 Å². The van der Waals surface area contributed by atoms with Crippen LogP contribution in [0.25, 0.3) is 0 Å². The summed E-state index contributed by atoms with van der Waals surface area (Å²) in [6, 6.07) is 0. The molecule has 68 heavy (non-hydrogen) atoms. The van der Waals surface area contributed by atoms with Gasteiger partial charge in [0, 0.05) is 12.8 Å². The summed E-state index contributed by atoms with van der Waals surface area (Å²) < 4.78 is 33.6. The highest BCUT2D eigenvalue weighted by Crippen LogP contribution is 2.27. The van der Waals surface area contributed by atoms with Crippen LogP contribution >= 0.6 is 0 Å². The molecule has 0 aromatic rings. The van der Waals surface area contributed by atoms with E-state index in [0.717, 1.165) is 38.5 Å². The third-order valence-electron chi connectivity index (χ3n) is 13.2. The minimum atomic E-state index is -1.76. The van der Waals surface area contributed by atoms with Gasteiger partial charge in [0.15, 0.2) is 18.7 Å². The Morgan fingerprint density at radius 2 is 0.838 bits per heavy atom. The Balaban J connectivity index is 1.72. The zero-order valence-corrected chi connectivity index (χ0v) is 42.4. The predicted molar refractivity (Wildman–Crippen MR) is 261 cm³/mol. The summed E-state index contributed by atoms with van der Waals surface area (Å²) in [7, 11) is 0. The molecule has 15 heteroatoms. The molecular formula is C53H98O15. The molecule has 0 spiro atoms. The Hall–Kier alpha value is -1.76. The zero-order valence-electron chi connectivity index (χ0n) is 42.4. The lowest BCUT2D eigenvalue weighted by atomic mass is 9.98. The van der Waals surface area contributed by atoms with Crippen molar-refractivity contribution in [2.24, 2.45) is 0 Å². The number of carbonyl (C=O) groups is 2. The lowest BCUT2D eigenvalue weighted by molar-refractivity contribution is -0.332. The molecule has 11 unspecified atom stereocenters. The van der Waals surface area contributed by atoms with Gasteiger partial charge < -0.3 is 64.2 Å². The third kappa shape index (κ3) is 28.3. The van der Waals surface area contributed by atoms with Gasteiger partial charge in [0.2, 0.25) is 0 Å². The number of unbranched alkanes of at least 4 members (excludes halogenated alkanes) is 27. The first-order valence-corrected chi connectivity index (χ1v) is 27.3. The molecule has 0 aliphatic carbocycles. The van der Waals surface area contributed by atoms with Crippen LogP contribution in [0, 0.1) is 0 Å². The molecule has 400 valence electrons. The van der Waals surface area contributed by atoms with E-state index in [0.29, 0.717) is 12.8 Å². The van der Waals surface area contributed by atoms with Crippen molar-refractivity contribution in [3.05, 3.63) is 12.2 Å². The molecule has 2 heterocycles. The fraction of sp³-hybridized carbons (Fsp3) is 0.925. The van der Waals surface area contributed by atoms with Crippen molar-refractivity contribution in [2.45, 2.75) is 287 Å². The second-order valence-corrected chi connectivity index (χ2v) is 19.4. The molecule has 0 amide bonds. The average Bonchev–Trinajstić information content (AvgIpc) is 3.33. The lowest BCUT2D eigenvalue weighted by Gasteiger charge is -2.42. The first-order chi connectivity index (χ1) is 33.0. The van der Waals surface area contributed by atoms with E-state index in [-0.39, 0.29) is 26.1 Å². The smallest absolute Gasteiger partial charge is 0.306 e. The highest BCUT2D eigenvalue weighted by atomic mass is 16.7. The van der Waals surface area contributed by atoms with Crippen molar-refractivity contribution >= 4 is 11.9 Å². The molecule has 15 nitrogen and oxygen atoms in total. The van der Waals surface area contributed by atoms with Crippen LogP contribution < -0.4 is 0 Å². The Bertz CT molecular complexity index is 1240. The second kappa shape index (κ2) is 40.8. The highest BCUT2D eigenvalue weighted by molar-refractivity contribution is 5.70. The van der Waals surface area contributed by atoms with Crippen LogP contribution in [-0.4, -0.2) is 142 Å². The van der Waals surface area contributed by atoms with Gasteiger partial charge in [-0.05, 0) is 38.5 Å². The molecule has 2 saturated heterocycles. The topological polar surface area (TPSA) is 231 Å². The summed E-state index contributed by atoms with van der Waals surface area (Å²) in [5.41, 5.74) is 0. The minimum absolute atomic E-state index is 0.169. The SMILES string of the molecule is CCCCCCCCCC/C=C\CCCCCCCCCCCCCC(=O)OC(COC(=O)CCCCCCCCCCC)COC1OC(COC2OC(CO)C(O)C(O)C2O)C(O)C(O)C1O. The highest BCUT2D eigenvalue weighted by Gasteiger charge is 2.47. The number of hydrogen-bond donors (Lipinski definition) is 7. The number of allylic oxidation sites excluding steroid dienone is 2. The number of hydrogen-bond acceptors (Lipinski definition) is 15. The summed E-state index contributed by atoms with van der Waals surface area (Å²) in [5.74, 6) is -0.918. The Morgan fingerprint density at radius 3 is 1.29 bits per heavy atom. The van der Waals surface area contributed by atoms with Gasteiger partial charge in [-0.3, -0.25) is 9.59 Å². The Morgan fingerprint density at radius 1 is 0.456 bits per heavy atom. The standard InChI is InChI=1S/C53H98O15/c1-3-5-7-9-11-13-14-15-16-17-18-19-20-21-22-23-24-25-26-28-30-32-34-36-45(56)66-41(38-63-44(55)35-33-31-29-27-12-10-8-6-4-2)39-64-52-51(62)49(60)47(58)43(68-52)40-65-53-50(61)48(59)46(57)42(37-54)67-53/h17-18,41-43,46-54,57-62H,3-16,19-40H2,1-2H3/b18-17-. The van der Waals surface area contributed by atoms with Gasteiger partial charge in [-0.1, -0.05) is 180 Å². The maximum atomic E-state index is 13.0. The number of aliphatic hydroxyl groups excluding tert-OH is 7. The molecule has 7 N–H and O–H groups in total. The number of ether oxygens (including phenoxy) is 6. The van der Waals surface area contributed by atoms with Crippen molar-refractivity contribution in [1.82, 2.24) is 0 Å². The van der Waals surface area contributed by atoms with Crippen LogP contribution in [0.1, 0.15) is 219 Å². The molecule has 0 radical (unpaired) electrons. The largest absolute Gasteiger partial charge is 0.462 e. The normalized spacial score (nSPS) is 25.8. The number of esters is 2. The third-order valence-corrected chi connectivity index (χ3v) is 13.2. The molecule has 2 aliphatic heterocycles. The van der Waals surface area contributed by atoms with Crippen LogP contribution in [0.3, 0.4) is 0 Å². The van der Waals surface area contributed by atoms with Crippen molar-refractivity contribution < 1.29 is 73.8 Å². The van der Waals surface area contributed by atoms with Crippen LogP contribution in [0.5, 0.6) is 0 Å². The second-order valence-electron chi connectivity index (χ2n) is 19.4. The summed E-state index contributed by atoms with van der Waals surface area (Å²) in [5, 5.41) is 72.0.